The van der Waals surface area contributed by atoms with Gasteiger partial charge in [0, 0.05) is 30.5 Å². The Labute approximate surface area is 203 Å². The zero-order chi connectivity index (χ0) is 23.9. The molecule has 35 heavy (non-hydrogen) atoms. The molecule has 8 heteroatoms. The second kappa shape index (κ2) is 10.7. The summed E-state index contributed by atoms with van der Waals surface area (Å²) in [5.74, 6) is 1.57. The van der Waals surface area contributed by atoms with Gasteiger partial charge in [-0.25, -0.2) is 0 Å². The van der Waals surface area contributed by atoms with Gasteiger partial charge in [0.2, 0.25) is 0 Å². The smallest absolute Gasteiger partial charge is 0.259 e. The lowest BCUT2D eigenvalue weighted by Crippen LogP contribution is -2.36. The maximum Gasteiger partial charge on any atom is 0.259 e. The first-order valence-electron chi connectivity index (χ1n) is 11.4. The van der Waals surface area contributed by atoms with Crippen molar-refractivity contribution in [2.45, 2.75) is 0 Å². The van der Waals surface area contributed by atoms with Crippen LogP contribution in [0.2, 0.25) is 0 Å². The molecule has 0 aliphatic carbocycles. The second-order valence-corrected chi connectivity index (χ2v) is 7.97. The Kier molecular flexibility index (Phi) is 6.82. The molecule has 0 spiro atoms. The minimum atomic E-state index is -0.249. The second-order valence-electron chi connectivity index (χ2n) is 7.97. The maximum absolute atomic E-state index is 13.0. The van der Waals surface area contributed by atoms with E-state index in [1.807, 2.05) is 72.8 Å². The fourth-order valence-corrected chi connectivity index (χ4v) is 3.75. The van der Waals surface area contributed by atoms with Gasteiger partial charge in [-0.3, -0.25) is 4.79 Å². The summed E-state index contributed by atoms with van der Waals surface area (Å²) in [6, 6.07) is 26.0. The fraction of sp³-hybridized carbons (Fsp3) is 0.148. The van der Waals surface area contributed by atoms with Crippen molar-refractivity contribution < 1.29 is 14.3 Å². The summed E-state index contributed by atoms with van der Waals surface area (Å²) in [5, 5.41) is 14.5. The van der Waals surface area contributed by atoms with E-state index in [1.165, 1.54) is 0 Å². The molecule has 0 radical (unpaired) electrons. The molecule has 1 aromatic heterocycles. The number of hydrogen-bond donors (Lipinski definition) is 2. The Bertz CT molecular complexity index is 1280. The molecule has 1 amide bonds. The first-order valence-corrected chi connectivity index (χ1v) is 11.4. The lowest BCUT2D eigenvalue weighted by molar-refractivity contribution is 0.102. The standard InChI is InChI=1S/C27H25N5O3/c33-27(24-8-4-5-9-25(24)35-23-6-2-1-3-7-23)30-21-12-10-20(11-13-21)29-26-18-22(19-28-31-26)32-14-16-34-17-15-32/h1-13,18-19H,14-17H2,(H,29,31)(H,30,33). The van der Waals surface area contributed by atoms with Crippen molar-refractivity contribution >= 4 is 28.8 Å². The lowest BCUT2D eigenvalue weighted by atomic mass is 10.1. The molecule has 1 aliphatic rings. The zero-order valence-electron chi connectivity index (χ0n) is 19.1. The summed E-state index contributed by atoms with van der Waals surface area (Å²) >= 11 is 0. The minimum absolute atomic E-state index is 0.249. The van der Waals surface area contributed by atoms with E-state index < -0.39 is 0 Å². The Morgan fingerprint density at radius 3 is 2.40 bits per heavy atom. The molecule has 0 bridgehead atoms. The monoisotopic (exact) mass is 467 g/mol. The predicted molar refractivity (Wildman–Crippen MR) is 136 cm³/mol. The van der Waals surface area contributed by atoms with Crippen molar-refractivity contribution in [2.24, 2.45) is 0 Å². The summed E-state index contributed by atoms with van der Waals surface area (Å²) in [5.41, 5.74) is 2.97. The van der Waals surface area contributed by atoms with Gasteiger partial charge in [0.15, 0.2) is 5.82 Å². The van der Waals surface area contributed by atoms with E-state index in [-0.39, 0.29) is 5.91 Å². The van der Waals surface area contributed by atoms with Crippen LogP contribution in [0.5, 0.6) is 11.5 Å². The molecule has 0 saturated carbocycles. The van der Waals surface area contributed by atoms with Crippen LogP contribution < -0.4 is 20.3 Å². The molecule has 0 atom stereocenters. The number of amides is 1. The van der Waals surface area contributed by atoms with Crippen LogP contribution in [0.15, 0.2) is 91.1 Å². The van der Waals surface area contributed by atoms with Gasteiger partial charge in [0.1, 0.15) is 11.5 Å². The average Bonchev–Trinajstić information content (AvgIpc) is 2.91. The highest BCUT2D eigenvalue weighted by atomic mass is 16.5. The summed E-state index contributed by atoms with van der Waals surface area (Å²) in [6.07, 6.45) is 1.76. The van der Waals surface area contributed by atoms with Crippen molar-refractivity contribution in [3.63, 3.8) is 0 Å². The van der Waals surface area contributed by atoms with Crippen LogP contribution >= 0.6 is 0 Å². The van der Waals surface area contributed by atoms with E-state index >= 15 is 0 Å². The third-order valence-electron chi connectivity index (χ3n) is 5.53. The molecule has 1 fully saturated rings. The van der Waals surface area contributed by atoms with E-state index in [9.17, 15) is 4.79 Å². The lowest BCUT2D eigenvalue weighted by Gasteiger charge is -2.28. The highest BCUT2D eigenvalue weighted by molar-refractivity contribution is 6.06. The number of nitrogens with one attached hydrogen (secondary N) is 2. The number of hydrogen-bond acceptors (Lipinski definition) is 7. The van der Waals surface area contributed by atoms with Gasteiger partial charge >= 0.3 is 0 Å². The van der Waals surface area contributed by atoms with E-state index in [2.05, 4.69) is 25.7 Å². The number of para-hydroxylation sites is 2. The van der Waals surface area contributed by atoms with Crippen LogP contribution in [-0.2, 0) is 4.74 Å². The van der Waals surface area contributed by atoms with E-state index in [4.69, 9.17) is 9.47 Å². The van der Waals surface area contributed by atoms with Crippen molar-refractivity contribution in [1.82, 2.24) is 10.2 Å². The van der Waals surface area contributed by atoms with Crippen LogP contribution in [0, 0.1) is 0 Å². The number of rotatable bonds is 7. The largest absolute Gasteiger partial charge is 0.457 e. The van der Waals surface area contributed by atoms with Crippen LogP contribution in [0.25, 0.3) is 0 Å². The van der Waals surface area contributed by atoms with Crippen molar-refractivity contribution in [3.8, 4) is 11.5 Å². The van der Waals surface area contributed by atoms with E-state index in [1.54, 1.807) is 18.3 Å². The first kappa shape index (κ1) is 22.4. The highest BCUT2D eigenvalue weighted by Crippen LogP contribution is 2.26. The highest BCUT2D eigenvalue weighted by Gasteiger charge is 2.14. The molecule has 2 N–H and O–H groups in total. The van der Waals surface area contributed by atoms with Crippen molar-refractivity contribution in [3.05, 3.63) is 96.7 Å². The average molecular weight is 468 g/mol. The normalized spacial score (nSPS) is 13.2. The summed E-state index contributed by atoms with van der Waals surface area (Å²) in [4.78, 5) is 15.2. The Morgan fingerprint density at radius 2 is 1.60 bits per heavy atom. The van der Waals surface area contributed by atoms with Gasteiger partial charge in [-0.15, -0.1) is 5.10 Å². The maximum atomic E-state index is 13.0. The Balaban J connectivity index is 1.24. The summed E-state index contributed by atoms with van der Waals surface area (Å²) < 4.78 is 11.3. The van der Waals surface area contributed by atoms with Crippen LogP contribution in [0.3, 0.4) is 0 Å². The van der Waals surface area contributed by atoms with Gasteiger partial charge in [0.25, 0.3) is 5.91 Å². The van der Waals surface area contributed by atoms with E-state index in [0.29, 0.717) is 41.8 Å². The zero-order valence-corrected chi connectivity index (χ0v) is 19.1. The quantitative estimate of drug-likeness (QED) is 0.391. The Hall–Kier alpha value is -4.43. The van der Waals surface area contributed by atoms with Crippen LogP contribution in [0.4, 0.5) is 22.9 Å². The number of anilines is 4. The molecule has 1 aliphatic heterocycles. The van der Waals surface area contributed by atoms with Crippen LogP contribution in [-0.4, -0.2) is 42.4 Å². The summed E-state index contributed by atoms with van der Waals surface area (Å²) in [7, 11) is 0. The predicted octanol–water partition coefficient (Wildman–Crippen LogP) is 5.10. The summed E-state index contributed by atoms with van der Waals surface area (Å²) in [6.45, 7) is 3.08. The third kappa shape index (κ3) is 5.74. The number of ether oxygens (including phenoxy) is 2. The topological polar surface area (TPSA) is 88.6 Å². The van der Waals surface area contributed by atoms with Crippen molar-refractivity contribution in [1.29, 1.82) is 0 Å². The number of benzene rings is 3. The molecule has 2 heterocycles. The van der Waals surface area contributed by atoms with Crippen LogP contribution in [0.1, 0.15) is 10.4 Å². The molecular formula is C27H25N5O3. The molecule has 3 aromatic carbocycles. The van der Waals surface area contributed by atoms with Gasteiger partial charge in [-0.05, 0) is 48.5 Å². The fourth-order valence-electron chi connectivity index (χ4n) is 3.75. The van der Waals surface area contributed by atoms with Gasteiger partial charge in [-0.1, -0.05) is 30.3 Å². The van der Waals surface area contributed by atoms with Gasteiger partial charge in [-0.2, -0.15) is 5.10 Å². The Morgan fingerprint density at radius 1 is 0.886 bits per heavy atom. The molecule has 5 rings (SSSR count). The van der Waals surface area contributed by atoms with Crippen molar-refractivity contribution in [2.75, 3.05) is 41.8 Å². The third-order valence-corrected chi connectivity index (χ3v) is 5.53. The number of aromatic nitrogens is 2. The molecule has 8 nitrogen and oxygen atoms in total. The molecule has 0 unspecified atom stereocenters. The molecule has 176 valence electrons. The minimum Gasteiger partial charge on any atom is -0.457 e. The first-order chi connectivity index (χ1) is 17.2. The number of carbonyl (C=O) groups is 1. The number of morpholine rings is 1. The SMILES string of the molecule is O=C(Nc1ccc(Nc2cc(N3CCOCC3)cnn2)cc1)c1ccccc1Oc1ccccc1. The van der Waals surface area contributed by atoms with E-state index in [0.717, 1.165) is 24.5 Å². The van der Waals surface area contributed by atoms with Gasteiger partial charge < -0.3 is 25.0 Å². The molecule has 1 saturated heterocycles. The number of carbonyl (C=O) groups excluding carboxylic acids is 1. The van der Waals surface area contributed by atoms with Gasteiger partial charge in [0.05, 0.1) is 30.7 Å². The molecular weight excluding hydrogens is 442 g/mol. The number of nitrogens with zero attached hydrogens (tertiary/aromatic N) is 3. The molecule has 4 aromatic rings.